The molecule has 17 heavy (non-hydrogen) atoms. The number of sulfone groups is 1. The van der Waals surface area contributed by atoms with Crippen LogP contribution in [0.4, 0.5) is 5.69 Å². The van der Waals surface area contributed by atoms with Gasteiger partial charge in [-0.25, -0.2) is 8.42 Å². The molecule has 0 aromatic heterocycles. The summed E-state index contributed by atoms with van der Waals surface area (Å²) in [5.74, 6) is -0.119. The number of rotatable bonds is 4. The SMILES string of the molecule is CC(CCl)S(=O)(=O)c1cc(Br)ccc1[N+](=O)[O-]. The zero-order valence-electron chi connectivity index (χ0n) is 8.76. The Balaban J connectivity index is 3.49. The van der Waals surface area contributed by atoms with Crippen LogP contribution in [0.2, 0.25) is 0 Å². The average molecular weight is 343 g/mol. The number of benzene rings is 1. The van der Waals surface area contributed by atoms with Gasteiger partial charge in [-0.05, 0) is 19.1 Å². The van der Waals surface area contributed by atoms with Crippen molar-refractivity contribution in [3.05, 3.63) is 32.8 Å². The molecule has 1 aromatic rings. The Hall–Kier alpha value is -0.660. The van der Waals surface area contributed by atoms with Gasteiger partial charge >= 0.3 is 0 Å². The Morgan fingerprint density at radius 2 is 2.12 bits per heavy atom. The van der Waals surface area contributed by atoms with Crippen LogP contribution in [0.3, 0.4) is 0 Å². The minimum Gasteiger partial charge on any atom is -0.258 e. The van der Waals surface area contributed by atoms with Crippen LogP contribution in [0, 0.1) is 10.1 Å². The predicted molar refractivity (Wildman–Crippen MR) is 68.2 cm³/mol. The first-order valence-electron chi connectivity index (χ1n) is 4.54. The molecule has 0 bridgehead atoms. The molecule has 1 aromatic carbocycles. The lowest BCUT2D eigenvalue weighted by atomic mass is 10.3. The van der Waals surface area contributed by atoms with Crippen molar-refractivity contribution in [2.75, 3.05) is 5.88 Å². The minimum atomic E-state index is -3.79. The summed E-state index contributed by atoms with van der Waals surface area (Å²) in [6, 6.07) is 3.79. The van der Waals surface area contributed by atoms with Gasteiger partial charge in [0, 0.05) is 16.4 Å². The standard InChI is InChI=1S/C9H9BrClNO4S/c1-6(5-11)17(15,16)9-4-7(10)2-3-8(9)12(13)14/h2-4,6H,5H2,1H3. The molecule has 94 valence electrons. The van der Waals surface area contributed by atoms with Gasteiger partial charge in [0.2, 0.25) is 0 Å². The van der Waals surface area contributed by atoms with Crippen molar-refractivity contribution in [2.24, 2.45) is 0 Å². The highest BCUT2D eigenvalue weighted by molar-refractivity contribution is 9.10. The Labute approximate surface area is 112 Å². The van der Waals surface area contributed by atoms with Crippen molar-refractivity contribution in [3.63, 3.8) is 0 Å². The molecule has 0 aliphatic carbocycles. The van der Waals surface area contributed by atoms with E-state index in [0.717, 1.165) is 6.07 Å². The number of hydrogen-bond donors (Lipinski definition) is 0. The smallest absolute Gasteiger partial charge is 0.258 e. The van der Waals surface area contributed by atoms with E-state index >= 15 is 0 Å². The van der Waals surface area contributed by atoms with Gasteiger partial charge in [-0.3, -0.25) is 10.1 Å². The molecule has 0 spiro atoms. The average Bonchev–Trinajstić information content (AvgIpc) is 2.27. The molecule has 0 saturated carbocycles. The minimum absolute atomic E-state index is 0.119. The van der Waals surface area contributed by atoms with Crippen molar-refractivity contribution in [2.45, 2.75) is 17.1 Å². The molecule has 1 rings (SSSR count). The Kier molecular flexibility index (Phi) is 4.51. The second-order valence-corrected chi connectivity index (χ2v) is 6.94. The monoisotopic (exact) mass is 341 g/mol. The fourth-order valence-electron chi connectivity index (χ4n) is 1.17. The first-order chi connectivity index (χ1) is 7.80. The van der Waals surface area contributed by atoms with E-state index in [1.807, 2.05) is 0 Å². The second kappa shape index (κ2) is 5.32. The number of nitro groups is 1. The molecule has 0 fully saturated rings. The zero-order valence-corrected chi connectivity index (χ0v) is 11.9. The first kappa shape index (κ1) is 14.4. The molecule has 1 atom stereocenters. The summed E-state index contributed by atoms with van der Waals surface area (Å²) in [6.45, 7) is 1.41. The third kappa shape index (κ3) is 2.97. The number of hydrogen-bond acceptors (Lipinski definition) is 4. The summed E-state index contributed by atoms with van der Waals surface area (Å²) in [5.41, 5.74) is -0.440. The Morgan fingerprint density at radius 3 is 2.59 bits per heavy atom. The molecular formula is C9H9BrClNO4S. The zero-order chi connectivity index (χ0) is 13.2. The van der Waals surface area contributed by atoms with Crippen molar-refractivity contribution in [1.82, 2.24) is 0 Å². The first-order valence-corrected chi connectivity index (χ1v) is 7.42. The van der Waals surface area contributed by atoms with Gasteiger partial charge < -0.3 is 0 Å². The van der Waals surface area contributed by atoms with Crippen LogP contribution in [-0.2, 0) is 9.84 Å². The number of nitro benzene ring substituents is 1. The van der Waals surface area contributed by atoms with Crippen LogP contribution < -0.4 is 0 Å². The van der Waals surface area contributed by atoms with Crippen LogP contribution in [0.5, 0.6) is 0 Å². The highest BCUT2D eigenvalue weighted by atomic mass is 79.9. The topological polar surface area (TPSA) is 77.3 Å². The molecule has 0 aliphatic heterocycles. The number of nitrogens with zero attached hydrogens (tertiary/aromatic N) is 1. The summed E-state index contributed by atoms with van der Waals surface area (Å²) in [7, 11) is -3.79. The van der Waals surface area contributed by atoms with E-state index in [2.05, 4.69) is 15.9 Å². The number of halogens is 2. The van der Waals surface area contributed by atoms with Crippen molar-refractivity contribution < 1.29 is 13.3 Å². The summed E-state index contributed by atoms with van der Waals surface area (Å²) in [4.78, 5) is 9.75. The molecule has 5 nitrogen and oxygen atoms in total. The van der Waals surface area contributed by atoms with Gasteiger partial charge in [0.15, 0.2) is 9.84 Å². The summed E-state index contributed by atoms with van der Waals surface area (Å²) < 4.78 is 24.5. The summed E-state index contributed by atoms with van der Waals surface area (Å²) >= 11 is 8.59. The Morgan fingerprint density at radius 1 is 1.53 bits per heavy atom. The van der Waals surface area contributed by atoms with Gasteiger partial charge in [-0.1, -0.05) is 15.9 Å². The van der Waals surface area contributed by atoms with Gasteiger partial charge in [0.05, 0.1) is 10.2 Å². The maximum Gasteiger partial charge on any atom is 0.288 e. The Bertz CT molecular complexity index is 546. The maximum atomic E-state index is 12.0. The largest absolute Gasteiger partial charge is 0.288 e. The van der Waals surface area contributed by atoms with Crippen LogP contribution in [0.1, 0.15) is 6.92 Å². The van der Waals surface area contributed by atoms with Gasteiger partial charge in [-0.2, -0.15) is 0 Å². The lowest BCUT2D eigenvalue weighted by molar-refractivity contribution is -0.387. The van der Waals surface area contributed by atoms with Crippen LogP contribution in [-0.4, -0.2) is 24.5 Å². The van der Waals surface area contributed by atoms with E-state index in [9.17, 15) is 18.5 Å². The van der Waals surface area contributed by atoms with Crippen molar-refractivity contribution >= 4 is 43.1 Å². The maximum absolute atomic E-state index is 12.0. The van der Waals surface area contributed by atoms with Gasteiger partial charge in [-0.15, -0.1) is 11.6 Å². The third-order valence-corrected chi connectivity index (χ3v) is 5.48. The molecule has 8 heteroatoms. The fourth-order valence-corrected chi connectivity index (χ4v) is 3.50. The van der Waals surface area contributed by atoms with E-state index in [4.69, 9.17) is 11.6 Å². The molecular weight excluding hydrogens is 334 g/mol. The van der Waals surface area contributed by atoms with E-state index in [-0.39, 0.29) is 10.8 Å². The normalized spacial score (nSPS) is 13.4. The summed E-state index contributed by atoms with van der Waals surface area (Å²) in [5, 5.41) is 9.91. The second-order valence-electron chi connectivity index (χ2n) is 3.38. The summed E-state index contributed by atoms with van der Waals surface area (Å²) in [6.07, 6.45) is 0. The molecule has 0 saturated heterocycles. The van der Waals surface area contributed by atoms with Gasteiger partial charge in [0.1, 0.15) is 4.90 Å². The van der Waals surface area contributed by atoms with E-state index < -0.39 is 25.7 Å². The molecule has 1 unspecified atom stereocenters. The molecule has 0 amide bonds. The lowest BCUT2D eigenvalue weighted by Crippen LogP contribution is -2.20. The van der Waals surface area contributed by atoms with Crippen LogP contribution in [0.15, 0.2) is 27.6 Å². The fraction of sp³-hybridized carbons (Fsp3) is 0.333. The number of alkyl halides is 1. The van der Waals surface area contributed by atoms with Crippen molar-refractivity contribution in [3.8, 4) is 0 Å². The molecule has 0 heterocycles. The van der Waals surface area contributed by atoms with Crippen LogP contribution in [0.25, 0.3) is 0 Å². The molecule has 0 radical (unpaired) electrons. The third-order valence-electron chi connectivity index (χ3n) is 2.17. The van der Waals surface area contributed by atoms with Crippen molar-refractivity contribution in [1.29, 1.82) is 0 Å². The van der Waals surface area contributed by atoms with E-state index in [0.29, 0.717) is 4.47 Å². The van der Waals surface area contributed by atoms with Crippen LogP contribution >= 0.6 is 27.5 Å². The van der Waals surface area contributed by atoms with Gasteiger partial charge in [0.25, 0.3) is 5.69 Å². The van der Waals surface area contributed by atoms with E-state index in [1.165, 1.54) is 19.1 Å². The highest BCUT2D eigenvalue weighted by Crippen LogP contribution is 2.30. The van der Waals surface area contributed by atoms with E-state index in [1.54, 1.807) is 0 Å². The highest BCUT2D eigenvalue weighted by Gasteiger charge is 2.30. The molecule has 0 N–H and O–H groups in total. The quantitative estimate of drug-likeness (QED) is 0.479. The lowest BCUT2D eigenvalue weighted by Gasteiger charge is -2.10. The predicted octanol–water partition coefficient (Wildman–Crippen LogP) is 2.76. The molecule has 0 aliphatic rings.